The Morgan fingerprint density at radius 2 is 2.00 bits per heavy atom. The predicted molar refractivity (Wildman–Crippen MR) is 157 cm³/mol. The maximum atomic E-state index is 14.1. The Balaban J connectivity index is 1.44. The van der Waals surface area contributed by atoms with Crippen LogP contribution in [-0.4, -0.2) is 71.1 Å². The third-order valence-corrected chi connectivity index (χ3v) is 9.47. The highest BCUT2D eigenvalue weighted by molar-refractivity contribution is 6.31. The van der Waals surface area contributed by atoms with Crippen molar-refractivity contribution in [1.82, 2.24) is 25.2 Å². The molecule has 1 N–H and O–H groups in total. The second-order valence-electron chi connectivity index (χ2n) is 11.4. The van der Waals surface area contributed by atoms with Crippen LogP contribution >= 0.6 is 11.6 Å². The highest BCUT2D eigenvalue weighted by Crippen LogP contribution is 2.49. The van der Waals surface area contributed by atoms with Crippen LogP contribution in [0.25, 0.3) is 11.3 Å². The number of ether oxygens (including phenoxy) is 1. The molecule has 0 aliphatic carbocycles. The first kappa shape index (κ1) is 29.6. The van der Waals surface area contributed by atoms with Gasteiger partial charge in [0.15, 0.2) is 0 Å². The molecule has 3 aliphatic rings. The van der Waals surface area contributed by atoms with E-state index in [1.807, 2.05) is 30.0 Å². The van der Waals surface area contributed by atoms with Crippen molar-refractivity contribution in [2.45, 2.75) is 50.7 Å². The molecule has 228 valence electrons. The molecular weight excluding hydrogens is 581 g/mol. The van der Waals surface area contributed by atoms with E-state index in [0.717, 1.165) is 18.5 Å². The number of carbonyl (C=O) groups excluding carboxylic acids is 1. The first-order chi connectivity index (χ1) is 20.7. The van der Waals surface area contributed by atoms with Crippen LogP contribution < -0.4 is 15.0 Å². The molecule has 2 fully saturated rings. The van der Waals surface area contributed by atoms with E-state index in [-0.39, 0.29) is 28.7 Å². The minimum atomic E-state index is -4.64. The van der Waals surface area contributed by atoms with Gasteiger partial charge in [-0.3, -0.25) is 4.79 Å². The average Bonchev–Trinajstić information content (AvgIpc) is 3.54. The molecule has 2 saturated heterocycles. The number of aromatic nitrogens is 3. The SMILES string of the molecule is CCOc1ncccc1-c1ccc2c(n1)C(=O)N([C@H]1CCNC1)C[C@]21CCN(c2nccc(Cl)c2C(F)(F)F)C[C@H]1CC. The van der Waals surface area contributed by atoms with E-state index in [4.69, 9.17) is 21.3 Å². The summed E-state index contributed by atoms with van der Waals surface area (Å²) >= 11 is 6.06. The number of piperidine rings is 1. The summed E-state index contributed by atoms with van der Waals surface area (Å²) in [7, 11) is 0. The molecule has 1 spiro atoms. The molecule has 0 bridgehead atoms. The van der Waals surface area contributed by atoms with Crippen LogP contribution in [0.2, 0.25) is 5.02 Å². The van der Waals surface area contributed by atoms with Gasteiger partial charge in [0.05, 0.1) is 22.9 Å². The fourth-order valence-corrected chi connectivity index (χ4v) is 7.33. The van der Waals surface area contributed by atoms with Crippen molar-refractivity contribution in [3.05, 3.63) is 64.6 Å². The fourth-order valence-electron chi connectivity index (χ4n) is 7.08. The summed E-state index contributed by atoms with van der Waals surface area (Å²) in [5.41, 5.74) is 1.14. The first-order valence-corrected chi connectivity index (χ1v) is 15.1. The number of hydrogen-bond donors (Lipinski definition) is 1. The molecule has 0 saturated carbocycles. The third-order valence-electron chi connectivity index (χ3n) is 9.16. The smallest absolute Gasteiger partial charge is 0.421 e. The van der Waals surface area contributed by atoms with Gasteiger partial charge in [0.2, 0.25) is 5.88 Å². The molecule has 3 aromatic rings. The van der Waals surface area contributed by atoms with E-state index < -0.39 is 17.2 Å². The Kier molecular flexibility index (Phi) is 7.97. The standard InChI is InChI=1S/C31H34ClF3N6O2/c1-3-19-17-40(27-25(31(33,34)35)23(32)10-14-37-27)15-11-30(19)18-41(20-9-13-36-16-20)29(42)26-22(30)7-8-24(39-26)21-6-5-12-38-28(21)43-4-2/h5-8,10,12,14,19-20,36H,3-4,9,11,13,15-18H2,1-2H3/t19-,20+,30+/m1/s1. The van der Waals surface area contributed by atoms with Crippen molar-refractivity contribution < 1.29 is 22.7 Å². The average molecular weight is 615 g/mol. The molecule has 3 aromatic heterocycles. The van der Waals surface area contributed by atoms with E-state index in [0.29, 0.717) is 68.5 Å². The van der Waals surface area contributed by atoms with Gasteiger partial charge in [-0.2, -0.15) is 13.2 Å². The molecule has 0 aromatic carbocycles. The summed E-state index contributed by atoms with van der Waals surface area (Å²) in [5.74, 6) is 0.107. The van der Waals surface area contributed by atoms with Gasteiger partial charge in [0.1, 0.15) is 17.1 Å². The van der Waals surface area contributed by atoms with E-state index in [9.17, 15) is 18.0 Å². The number of hydrogen-bond acceptors (Lipinski definition) is 7. The highest BCUT2D eigenvalue weighted by Gasteiger charge is 2.53. The van der Waals surface area contributed by atoms with Crippen molar-refractivity contribution >= 4 is 23.3 Å². The largest absolute Gasteiger partial charge is 0.477 e. The van der Waals surface area contributed by atoms with Crippen molar-refractivity contribution in [3.63, 3.8) is 0 Å². The van der Waals surface area contributed by atoms with Gasteiger partial charge in [-0.15, -0.1) is 0 Å². The zero-order valence-electron chi connectivity index (χ0n) is 24.1. The summed E-state index contributed by atoms with van der Waals surface area (Å²) in [4.78, 5) is 31.3. The van der Waals surface area contributed by atoms with Crippen molar-refractivity contribution in [2.24, 2.45) is 5.92 Å². The summed E-state index contributed by atoms with van der Waals surface area (Å²) < 4.78 is 48.0. The van der Waals surface area contributed by atoms with E-state index >= 15 is 0 Å². The molecule has 3 atom stereocenters. The lowest BCUT2D eigenvalue weighted by molar-refractivity contribution is -0.137. The topological polar surface area (TPSA) is 83.5 Å². The Morgan fingerprint density at radius 3 is 2.72 bits per heavy atom. The van der Waals surface area contributed by atoms with E-state index in [1.54, 1.807) is 17.2 Å². The lowest BCUT2D eigenvalue weighted by atomic mass is 9.62. The van der Waals surface area contributed by atoms with Crippen LogP contribution in [0.3, 0.4) is 0 Å². The molecule has 6 heterocycles. The number of halogens is 4. The molecule has 6 rings (SSSR count). The number of carbonyl (C=O) groups is 1. The van der Waals surface area contributed by atoms with Crippen molar-refractivity contribution in [2.75, 3.05) is 44.2 Å². The van der Waals surface area contributed by atoms with Crippen molar-refractivity contribution in [1.29, 1.82) is 0 Å². The number of pyridine rings is 3. The minimum absolute atomic E-state index is 0.0160. The Hall–Kier alpha value is -3.44. The van der Waals surface area contributed by atoms with Gasteiger partial charge in [-0.25, -0.2) is 15.0 Å². The number of alkyl halides is 3. The van der Waals surface area contributed by atoms with E-state index in [2.05, 4.69) is 22.2 Å². The highest BCUT2D eigenvalue weighted by atomic mass is 35.5. The van der Waals surface area contributed by atoms with Gasteiger partial charge >= 0.3 is 6.18 Å². The molecule has 43 heavy (non-hydrogen) atoms. The van der Waals surface area contributed by atoms with Crippen LogP contribution in [0.5, 0.6) is 5.88 Å². The summed E-state index contributed by atoms with van der Waals surface area (Å²) in [6.45, 7) is 7.05. The zero-order valence-corrected chi connectivity index (χ0v) is 24.9. The number of rotatable bonds is 6. The zero-order chi connectivity index (χ0) is 30.4. The molecule has 0 unspecified atom stereocenters. The molecular formula is C31H34ClF3N6O2. The predicted octanol–water partition coefficient (Wildman–Crippen LogP) is 5.60. The molecule has 0 radical (unpaired) electrons. The maximum absolute atomic E-state index is 14.1. The number of amides is 1. The van der Waals surface area contributed by atoms with E-state index in [1.165, 1.54) is 12.3 Å². The van der Waals surface area contributed by atoms with Crippen LogP contribution in [0.4, 0.5) is 19.0 Å². The van der Waals surface area contributed by atoms with Crippen molar-refractivity contribution in [3.8, 4) is 17.1 Å². The molecule has 12 heteroatoms. The number of anilines is 1. The van der Waals surface area contributed by atoms with Gasteiger partial charge in [-0.1, -0.05) is 31.0 Å². The first-order valence-electron chi connectivity index (χ1n) is 14.8. The Bertz CT molecular complexity index is 1520. The number of fused-ring (bicyclic) bond motifs is 2. The van der Waals surface area contributed by atoms with Crippen LogP contribution in [0.1, 0.15) is 54.7 Å². The molecule has 1 amide bonds. The summed E-state index contributed by atoms with van der Waals surface area (Å²) in [5, 5.41) is 3.01. The fraction of sp³-hybridized carbons (Fsp3) is 0.484. The van der Waals surface area contributed by atoms with Gasteiger partial charge in [0.25, 0.3) is 5.91 Å². The van der Waals surface area contributed by atoms with Gasteiger partial charge < -0.3 is 19.9 Å². The van der Waals surface area contributed by atoms with Crippen LogP contribution in [-0.2, 0) is 11.6 Å². The third kappa shape index (κ3) is 5.20. The maximum Gasteiger partial charge on any atom is 0.421 e. The second kappa shape index (κ2) is 11.6. The number of nitrogens with zero attached hydrogens (tertiary/aromatic N) is 5. The van der Waals surface area contributed by atoms with Crippen LogP contribution in [0.15, 0.2) is 42.7 Å². The Morgan fingerprint density at radius 1 is 1.16 bits per heavy atom. The molecule has 8 nitrogen and oxygen atoms in total. The normalized spacial score (nSPS) is 24.0. The number of nitrogens with one attached hydrogen (secondary N) is 1. The van der Waals surface area contributed by atoms with Gasteiger partial charge in [-0.05, 0) is 62.1 Å². The second-order valence-corrected chi connectivity index (χ2v) is 11.8. The lowest BCUT2D eigenvalue weighted by Gasteiger charge is -2.53. The Labute approximate surface area is 253 Å². The van der Waals surface area contributed by atoms with Gasteiger partial charge in [0, 0.05) is 50.0 Å². The quantitative estimate of drug-likeness (QED) is 0.387. The summed E-state index contributed by atoms with van der Waals surface area (Å²) in [6.07, 6.45) is 0.398. The molecule has 3 aliphatic heterocycles. The lowest BCUT2D eigenvalue weighted by Crippen LogP contribution is -2.61. The monoisotopic (exact) mass is 614 g/mol. The summed E-state index contributed by atoms with van der Waals surface area (Å²) in [6, 6.07) is 8.76. The van der Waals surface area contributed by atoms with Crippen LogP contribution in [0, 0.1) is 5.92 Å². The minimum Gasteiger partial charge on any atom is -0.477 e.